The molecule has 0 saturated heterocycles. The van der Waals surface area contributed by atoms with Crippen LogP contribution in [0.2, 0.25) is 0 Å². The summed E-state index contributed by atoms with van der Waals surface area (Å²) in [5, 5.41) is 9.26. The van der Waals surface area contributed by atoms with E-state index >= 15 is 0 Å². The first-order valence-electron chi connectivity index (χ1n) is 6.39. The maximum absolute atomic E-state index is 9.26. The number of nitrogens with zero attached hydrogens (tertiary/aromatic N) is 4. The lowest BCUT2D eigenvalue weighted by Gasteiger charge is -2.23. The molecule has 2 heterocycles. The summed E-state index contributed by atoms with van der Waals surface area (Å²) in [5.41, 5.74) is 6.86. The average molecular weight is 281 g/mol. The molecule has 2 atom stereocenters. The Balaban J connectivity index is 2.34. The summed E-state index contributed by atoms with van der Waals surface area (Å²) >= 11 is 0. The standard InChI is InChI=1S/C12H19N5O3/c1-3-8(4-18)20-9(5-19-2)17-7-16-10-11(13)14-6-15-12(10)17/h6-9,18H,3-5H2,1-2H3,(H2,13,14,15)/t8-,9-/m1/s1. The number of rotatable bonds is 7. The second kappa shape index (κ2) is 6.60. The van der Waals surface area contributed by atoms with Crippen molar-refractivity contribution in [2.75, 3.05) is 26.1 Å². The van der Waals surface area contributed by atoms with E-state index < -0.39 is 6.23 Å². The highest BCUT2D eigenvalue weighted by atomic mass is 16.6. The molecule has 2 aromatic rings. The molecule has 0 amide bonds. The van der Waals surface area contributed by atoms with Crippen LogP contribution in [0, 0.1) is 0 Å². The molecule has 0 aromatic carbocycles. The van der Waals surface area contributed by atoms with Gasteiger partial charge in [-0.15, -0.1) is 0 Å². The van der Waals surface area contributed by atoms with E-state index in [1.165, 1.54) is 6.33 Å². The summed E-state index contributed by atoms with van der Waals surface area (Å²) in [4.78, 5) is 12.3. The van der Waals surface area contributed by atoms with Gasteiger partial charge >= 0.3 is 0 Å². The van der Waals surface area contributed by atoms with Crippen LogP contribution >= 0.6 is 0 Å². The van der Waals surface area contributed by atoms with Gasteiger partial charge in [-0.2, -0.15) is 0 Å². The van der Waals surface area contributed by atoms with Crippen LogP contribution in [0.5, 0.6) is 0 Å². The van der Waals surface area contributed by atoms with Crippen molar-refractivity contribution < 1.29 is 14.6 Å². The molecular weight excluding hydrogens is 262 g/mol. The third kappa shape index (κ3) is 2.87. The normalized spacial score (nSPS) is 14.6. The van der Waals surface area contributed by atoms with Crippen molar-refractivity contribution in [3.05, 3.63) is 12.7 Å². The van der Waals surface area contributed by atoms with Gasteiger partial charge in [0.25, 0.3) is 0 Å². The highest BCUT2D eigenvalue weighted by Crippen LogP contribution is 2.21. The van der Waals surface area contributed by atoms with Gasteiger partial charge in [-0.1, -0.05) is 6.92 Å². The zero-order valence-corrected chi connectivity index (χ0v) is 11.6. The Morgan fingerprint density at radius 1 is 1.40 bits per heavy atom. The molecule has 0 radical (unpaired) electrons. The van der Waals surface area contributed by atoms with Crippen molar-refractivity contribution in [2.24, 2.45) is 0 Å². The number of nitrogens with two attached hydrogens (primary N) is 1. The number of methoxy groups -OCH3 is 1. The van der Waals surface area contributed by atoms with Gasteiger partial charge < -0.3 is 20.3 Å². The third-order valence-electron chi connectivity index (χ3n) is 3.02. The quantitative estimate of drug-likeness (QED) is 0.753. The van der Waals surface area contributed by atoms with E-state index in [1.54, 1.807) is 18.0 Å². The Morgan fingerprint density at radius 3 is 2.85 bits per heavy atom. The minimum absolute atomic E-state index is 0.0551. The molecule has 0 fully saturated rings. The summed E-state index contributed by atoms with van der Waals surface area (Å²) in [6.45, 7) is 2.20. The zero-order chi connectivity index (χ0) is 14.5. The number of nitrogen functional groups attached to an aromatic ring is 1. The Bertz CT molecular complexity index is 555. The van der Waals surface area contributed by atoms with Crippen LogP contribution < -0.4 is 5.73 Å². The molecule has 0 aliphatic carbocycles. The summed E-state index contributed by atoms with van der Waals surface area (Å²) < 4.78 is 12.7. The monoisotopic (exact) mass is 281 g/mol. The molecule has 110 valence electrons. The van der Waals surface area contributed by atoms with E-state index in [9.17, 15) is 5.11 Å². The average Bonchev–Trinajstić information content (AvgIpc) is 2.89. The van der Waals surface area contributed by atoms with Crippen LogP contribution in [0.4, 0.5) is 5.82 Å². The summed E-state index contributed by atoms with van der Waals surface area (Å²) in [7, 11) is 1.58. The maximum Gasteiger partial charge on any atom is 0.167 e. The first-order valence-corrected chi connectivity index (χ1v) is 6.39. The van der Waals surface area contributed by atoms with E-state index in [0.717, 1.165) is 0 Å². The van der Waals surface area contributed by atoms with E-state index in [2.05, 4.69) is 15.0 Å². The van der Waals surface area contributed by atoms with Crippen LogP contribution in [-0.2, 0) is 9.47 Å². The molecule has 2 aromatic heterocycles. The van der Waals surface area contributed by atoms with Crippen LogP contribution in [-0.4, -0.2) is 51.1 Å². The molecule has 0 spiro atoms. The van der Waals surface area contributed by atoms with Gasteiger partial charge in [0.15, 0.2) is 17.7 Å². The van der Waals surface area contributed by atoms with E-state index in [0.29, 0.717) is 30.0 Å². The van der Waals surface area contributed by atoms with Gasteiger partial charge in [0.1, 0.15) is 11.8 Å². The molecule has 0 unspecified atom stereocenters. The Hall–Kier alpha value is -1.77. The van der Waals surface area contributed by atoms with Gasteiger partial charge in [0.05, 0.1) is 25.6 Å². The van der Waals surface area contributed by atoms with Crippen molar-refractivity contribution in [3.63, 3.8) is 0 Å². The van der Waals surface area contributed by atoms with Crippen LogP contribution in [0.25, 0.3) is 11.2 Å². The number of ether oxygens (including phenoxy) is 2. The first kappa shape index (κ1) is 14.6. The largest absolute Gasteiger partial charge is 0.394 e. The lowest BCUT2D eigenvalue weighted by atomic mass is 10.3. The lowest BCUT2D eigenvalue weighted by molar-refractivity contribution is -0.102. The topological polar surface area (TPSA) is 108 Å². The number of anilines is 1. The lowest BCUT2D eigenvalue weighted by Crippen LogP contribution is -2.26. The number of aliphatic hydroxyl groups excluding tert-OH is 1. The predicted octanol–water partition coefficient (Wildman–Crippen LogP) is 0.341. The predicted molar refractivity (Wildman–Crippen MR) is 72.9 cm³/mol. The fourth-order valence-electron chi connectivity index (χ4n) is 1.90. The zero-order valence-electron chi connectivity index (χ0n) is 11.6. The van der Waals surface area contributed by atoms with Gasteiger partial charge in [0.2, 0.25) is 0 Å². The highest BCUT2D eigenvalue weighted by Gasteiger charge is 2.20. The highest BCUT2D eigenvalue weighted by molar-refractivity contribution is 5.81. The molecule has 3 N–H and O–H groups in total. The van der Waals surface area contributed by atoms with Crippen molar-refractivity contribution in [3.8, 4) is 0 Å². The van der Waals surface area contributed by atoms with Gasteiger partial charge in [-0.05, 0) is 6.42 Å². The second-order valence-electron chi connectivity index (χ2n) is 4.34. The van der Waals surface area contributed by atoms with Crippen molar-refractivity contribution in [2.45, 2.75) is 25.7 Å². The first-order chi connectivity index (χ1) is 9.71. The summed E-state index contributed by atoms with van der Waals surface area (Å²) in [6, 6.07) is 0. The fourth-order valence-corrected chi connectivity index (χ4v) is 1.90. The van der Waals surface area contributed by atoms with Crippen molar-refractivity contribution in [1.82, 2.24) is 19.5 Å². The Labute approximate surface area is 116 Å². The van der Waals surface area contributed by atoms with Crippen LogP contribution in [0.15, 0.2) is 12.7 Å². The Morgan fingerprint density at radius 2 is 2.20 bits per heavy atom. The summed E-state index contributed by atoms with van der Waals surface area (Å²) in [6.07, 6.45) is 2.95. The van der Waals surface area contributed by atoms with Crippen LogP contribution in [0.1, 0.15) is 19.6 Å². The molecular formula is C12H19N5O3. The minimum Gasteiger partial charge on any atom is -0.394 e. The molecule has 2 rings (SSSR count). The van der Waals surface area contributed by atoms with Gasteiger partial charge in [-0.25, -0.2) is 15.0 Å². The van der Waals surface area contributed by atoms with Crippen molar-refractivity contribution in [1.29, 1.82) is 0 Å². The molecule has 0 aliphatic heterocycles. The number of hydrogen-bond acceptors (Lipinski definition) is 7. The number of aliphatic hydroxyl groups is 1. The molecule has 8 heteroatoms. The second-order valence-corrected chi connectivity index (χ2v) is 4.34. The van der Waals surface area contributed by atoms with E-state index in [4.69, 9.17) is 15.2 Å². The maximum atomic E-state index is 9.26. The van der Waals surface area contributed by atoms with Crippen LogP contribution in [0.3, 0.4) is 0 Å². The number of fused-ring (bicyclic) bond motifs is 1. The van der Waals surface area contributed by atoms with Gasteiger partial charge in [0, 0.05) is 7.11 Å². The molecule has 8 nitrogen and oxygen atoms in total. The minimum atomic E-state index is -0.434. The smallest absolute Gasteiger partial charge is 0.167 e. The van der Waals surface area contributed by atoms with E-state index in [-0.39, 0.29) is 12.7 Å². The third-order valence-corrected chi connectivity index (χ3v) is 3.02. The number of imidazole rings is 1. The molecule has 0 aliphatic rings. The fraction of sp³-hybridized carbons (Fsp3) is 0.583. The number of hydrogen-bond donors (Lipinski definition) is 2. The SMILES string of the molecule is CC[C@H](CO)O[C@H](COC)n1cnc2c(N)ncnc21. The summed E-state index contributed by atoms with van der Waals surface area (Å²) in [5.74, 6) is 0.319. The van der Waals surface area contributed by atoms with Crippen molar-refractivity contribution >= 4 is 17.0 Å². The van der Waals surface area contributed by atoms with Gasteiger partial charge in [-0.3, -0.25) is 4.57 Å². The molecule has 0 saturated carbocycles. The number of aromatic nitrogens is 4. The molecule has 0 bridgehead atoms. The van der Waals surface area contributed by atoms with E-state index in [1.807, 2.05) is 6.92 Å². The Kier molecular flexibility index (Phi) is 4.83. The molecule has 20 heavy (non-hydrogen) atoms.